The van der Waals surface area contributed by atoms with Crippen LogP contribution >= 0.6 is 35.7 Å². The number of guanidine groups is 1. The first-order valence-corrected chi connectivity index (χ1v) is 10.0. The molecule has 2 N–H and O–H groups in total. The van der Waals surface area contributed by atoms with E-state index in [1.165, 1.54) is 0 Å². The summed E-state index contributed by atoms with van der Waals surface area (Å²) < 4.78 is 16.4. The normalized spacial score (nSPS) is 17.3. The summed E-state index contributed by atoms with van der Waals surface area (Å²) in [5.41, 5.74) is 0. The van der Waals surface area contributed by atoms with E-state index in [0.717, 1.165) is 76.2 Å². The number of rotatable bonds is 11. The van der Waals surface area contributed by atoms with Crippen molar-refractivity contribution in [2.45, 2.75) is 25.4 Å². The van der Waals surface area contributed by atoms with Gasteiger partial charge in [-0.2, -0.15) is 11.8 Å². The molecular formula is C17H30IN3O3S. The van der Waals surface area contributed by atoms with Gasteiger partial charge in [0.1, 0.15) is 5.76 Å². The monoisotopic (exact) mass is 483 g/mol. The maximum Gasteiger partial charge on any atom is 0.191 e. The molecule has 6 nitrogen and oxygen atoms in total. The molecule has 2 heterocycles. The first kappa shape index (κ1) is 22.6. The van der Waals surface area contributed by atoms with Crippen LogP contribution in [0.15, 0.2) is 27.8 Å². The molecule has 0 spiro atoms. The van der Waals surface area contributed by atoms with Gasteiger partial charge in [0.05, 0.1) is 19.0 Å². The van der Waals surface area contributed by atoms with E-state index in [-0.39, 0.29) is 30.1 Å². The predicted molar refractivity (Wildman–Crippen MR) is 114 cm³/mol. The molecule has 0 saturated carbocycles. The number of thioether (sulfide) groups is 1. The average molecular weight is 483 g/mol. The van der Waals surface area contributed by atoms with Crippen LogP contribution in [0.1, 0.15) is 18.6 Å². The Morgan fingerprint density at radius 1 is 1.40 bits per heavy atom. The van der Waals surface area contributed by atoms with Gasteiger partial charge in [-0.05, 0) is 31.2 Å². The molecule has 0 aliphatic carbocycles. The zero-order valence-corrected chi connectivity index (χ0v) is 18.0. The van der Waals surface area contributed by atoms with E-state index >= 15 is 0 Å². The number of hydrogen-bond acceptors (Lipinski definition) is 5. The van der Waals surface area contributed by atoms with Crippen LogP contribution in [-0.2, 0) is 15.9 Å². The number of aliphatic imine (C=N–C) groups is 1. The highest BCUT2D eigenvalue weighted by atomic mass is 127. The molecule has 1 aromatic heterocycles. The Kier molecular flexibility index (Phi) is 13.3. The molecule has 144 valence electrons. The Bertz CT molecular complexity index is 454. The Morgan fingerprint density at radius 2 is 2.28 bits per heavy atom. The third kappa shape index (κ3) is 10.3. The summed E-state index contributed by atoms with van der Waals surface area (Å²) >= 11 is 1.82. The molecule has 8 heteroatoms. The Balaban J connectivity index is 0.00000312. The highest BCUT2D eigenvalue weighted by Gasteiger charge is 2.15. The summed E-state index contributed by atoms with van der Waals surface area (Å²) in [5.74, 6) is 2.90. The molecule has 1 atom stereocenters. The van der Waals surface area contributed by atoms with Gasteiger partial charge in [0, 0.05) is 45.0 Å². The fraction of sp³-hybridized carbons (Fsp3) is 0.706. The second-order valence-electron chi connectivity index (χ2n) is 5.62. The standard InChI is InChI=1S/C17H29N3O3S.HI/c1-24-13-9-20-17(19-8-5-15-4-2-10-22-15)18-7-3-11-23-16-6-12-21-14-16;/h2,4,10,16H,3,5-9,11-14H2,1H3,(H2,18,19,20);1H. The van der Waals surface area contributed by atoms with Crippen LogP contribution in [0, 0.1) is 0 Å². The molecule has 0 aromatic carbocycles. The molecule has 0 amide bonds. The summed E-state index contributed by atoms with van der Waals surface area (Å²) in [4.78, 5) is 4.62. The Labute approximate surface area is 171 Å². The summed E-state index contributed by atoms with van der Waals surface area (Å²) in [7, 11) is 0. The number of nitrogens with zero attached hydrogens (tertiary/aromatic N) is 1. The van der Waals surface area contributed by atoms with Gasteiger partial charge in [-0.1, -0.05) is 0 Å². The maximum atomic E-state index is 5.76. The van der Waals surface area contributed by atoms with Crippen LogP contribution in [0.4, 0.5) is 0 Å². The molecule has 25 heavy (non-hydrogen) atoms. The van der Waals surface area contributed by atoms with Gasteiger partial charge in [-0.3, -0.25) is 4.99 Å². The van der Waals surface area contributed by atoms with Crippen LogP contribution < -0.4 is 10.6 Å². The van der Waals surface area contributed by atoms with Crippen molar-refractivity contribution in [3.05, 3.63) is 24.2 Å². The first-order valence-electron chi connectivity index (χ1n) is 8.61. The number of furan rings is 1. The minimum Gasteiger partial charge on any atom is -0.469 e. The van der Waals surface area contributed by atoms with E-state index in [1.54, 1.807) is 6.26 Å². The highest BCUT2D eigenvalue weighted by Crippen LogP contribution is 2.08. The van der Waals surface area contributed by atoms with E-state index in [1.807, 2.05) is 23.9 Å². The van der Waals surface area contributed by atoms with Crippen LogP contribution in [0.25, 0.3) is 0 Å². The van der Waals surface area contributed by atoms with Crippen molar-refractivity contribution in [3.63, 3.8) is 0 Å². The fourth-order valence-corrected chi connectivity index (χ4v) is 2.66. The number of hydrogen-bond donors (Lipinski definition) is 2. The van der Waals surface area contributed by atoms with Crippen molar-refractivity contribution in [2.75, 3.05) is 51.5 Å². The van der Waals surface area contributed by atoms with E-state index in [9.17, 15) is 0 Å². The van der Waals surface area contributed by atoms with Gasteiger partial charge in [0.2, 0.25) is 0 Å². The van der Waals surface area contributed by atoms with E-state index in [0.29, 0.717) is 0 Å². The van der Waals surface area contributed by atoms with Crippen LogP contribution in [0.2, 0.25) is 0 Å². The maximum absolute atomic E-state index is 5.76. The lowest BCUT2D eigenvalue weighted by Gasteiger charge is -2.12. The molecule has 1 aromatic rings. The topological polar surface area (TPSA) is 68.0 Å². The third-order valence-electron chi connectivity index (χ3n) is 3.66. The van der Waals surface area contributed by atoms with Gasteiger partial charge >= 0.3 is 0 Å². The number of halogens is 1. The molecule has 1 unspecified atom stereocenters. The second kappa shape index (κ2) is 14.7. The minimum atomic E-state index is 0. The van der Waals surface area contributed by atoms with Crippen molar-refractivity contribution >= 4 is 41.7 Å². The van der Waals surface area contributed by atoms with Gasteiger partial charge < -0.3 is 24.5 Å². The summed E-state index contributed by atoms with van der Waals surface area (Å²) in [6, 6.07) is 3.90. The minimum absolute atomic E-state index is 0. The van der Waals surface area contributed by atoms with Gasteiger partial charge in [-0.15, -0.1) is 24.0 Å². The lowest BCUT2D eigenvalue weighted by Crippen LogP contribution is -2.39. The number of nitrogens with one attached hydrogen (secondary N) is 2. The second-order valence-corrected chi connectivity index (χ2v) is 6.60. The summed E-state index contributed by atoms with van der Waals surface area (Å²) in [6.45, 7) is 4.76. The first-order chi connectivity index (χ1) is 11.9. The predicted octanol–water partition coefficient (Wildman–Crippen LogP) is 2.53. The van der Waals surface area contributed by atoms with Crippen molar-refractivity contribution in [1.29, 1.82) is 0 Å². The molecule has 0 bridgehead atoms. The Hall–Kier alpha value is -0.450. The van der Waals surface area contributed by atoms with Gasteiger partial charge in [0.15, 0.2) is 5.96 Å². The lowest BCUT2D eigenvalue weighted by molar-refractivity contribution is 0.0424. The van der Waals surface area contributed by atoms with Crippen LogP contribution in [0.3, 0.4) is 0 Å². The van der Waals surface area contributed by atoms with Crippen LogP contribution in [-0.4, -0.2) is 63.5 Å². The van der Waals surface area contributed by atoms with Crippen molar-refractivity contribution in [1.82, 2.24) is 10.6 Å². The smallest absolute Gasteiger partial charge is 0.191 e. The molecule has 1 fully saturated rings. The molecular weight excluding hydrogens is 453 g/mol. The molecule has 1 aliphatic heterocycles. The molecule has 0 radical (unpaired) electrons. The lowest BCUT2D eigenvalue weighted by atomic mass is 10.3. The molecule has 2 rings (SSSR count). The van der Waals surface area contributed by atoms with Gasteiger partial charge in [-0.25, -0.2) is 0 Å². The average Bonchev–Trinajstić information content (AvgIpc) is 3.28. The number of ether oxygens (including phenoxy) is 2. The van der Waals surface area contributed by atoms with E-state index in [4.69, 9.17) is 13.9 Å². The van der Waals surface area contributed by atoms with E-state index < -0.39 is 0 Å². The van der Waals surface area contributed by atoms with Gasteiger partial charge in [0.25, 0.3) is 0 Å². The van der Waals surface area contributed by atoms with Crippen molar-refractivity contribution in [2.24, 2.45) is 4.99 Å². The fourth-order valence-electron chi connectivity index (χ4n) is 2.35. The highest BCUT2D eigenvalue weighted by molar-refractivity contribution is 14.0. The van der Waals surface area contributed by atoms with Crippen molar-refractivity contribution in [3.8, 4) is 0 Å². The van der Waals surface area contributed by atoms with E-state index in [2.05, 4.69) is 21.9 Å². The Morgan fingerprint density at radius 3 is 3.00 bits per heavy atom. The summed E-state index contributed by atoms with van der Waals surface area (Å²) in [5, 5.41) is 6.72. The zero-order chi connectivity index (χ0) is 16.9. The third-order valence-corrected chi connectivity index (χ3v) is 4.27. The summed E-state index contributed by atoms with van der Waals surface area (Å²) in [6.07, 6.45) is 6.87. The largest absolute Gasteiger partial charge is 0.469 e. The SMILES string of the molecule is CSCCNC(=NCCCOC1CCOC1)NCCc1ccco1.I. The quantitative estimate of drug-likeness (QED) is 0.218. The molecule has 1 saturated heterocycles. The van der Waals surface area contributed by atoms with Crippen LogP contribution in [0.5, 0.6) is 0 Å². The van der Waals surface area contributed by atoms with Crippen molar-refractivity contribution < 1.29 is 13.9 Å². The zero-order valence-electron chi connectivity index (χ0n) is 14.9. The molecule has 1 aliphatic rings.